The van der Waals surface area contributed by atoms with Gasteiger partial charge < -0.3 is 16.0 Å². The molecule has 0 bridgehead atoms. The zero-order valence-corrected chi connectivity index (χ0v) is 14.4. The number of amides is 2. The van der Waals surface area contributed by atoms with Crippen LogP contribution < -0.4 is 11.1 Å². The van der Waals surface area contributed by atoms with Crippen LogP contribution in [0.15, 0.2) is 18.5 Å². The van der Waals surface area contributed by atoms with Crippen LogP contribution in [-0.2, 0) is 24.4 Å². The van der Waals surface area contributed by atoms with Crippen molar-refractivity contribution in [3.63, 3.8) is 0 Å². The third-order valence-corrected chi connectivity index (χ3v) is 4.95. The Kier molecular flexibility index (Phi) is 4.27. The zero-order chi connectivity index (χ0) is 18.1. The lowest BCUT2D eigenvalue weighted by Crippen LogP contribution is -2.43. The molecule has 0 saturated heterocycles. The van der Waals surface area contributed by atoms with Crippen molar-refractivity contribution in [1.29, 1.82) is 0 Å². The quantitative estimate of drug-likeness (QED) is 0.807. The molecule has 1 fully saturated rings. The van der Waals surface area contributed by atoms with E-state index in [4.69, 9.17) is 5.73 Å². The smallest absolute Gasteiger partial charge is 0.268 e. The molecule has 0 aromatic carbocycles. The van der Waals surface area contributed by atoms with Crippen LogP contribution in [0.25, 0.3) is 0 Å². The van der Waals surface area contributed by atoms with Crippen LogP contribution in [0.5, 0.6) is 0 Å². The van der Waals surface area contributed by atoms with Gasteiger partial charge in [0.2, 0.25) is 5.91 Å². The van der Waals surface area contributed by atoms with Crippen molar-refractivity contribution in [2.24, 2.45) is 11.7 Å². The zero-order valence-electron chi connectivity index (χ0n) is 14.4. The number of carbonyl (C=O) groups is 2. The average molecular weight is 355 g/mol. The molecule has 2 amide bonds. The van der Waals surface area contributed by atoms with Gasteiger partial charge in [0, 0.05) is 12.5 Å². The summed E-state index contributed by atoms with van der Waals surface area (Å²) < 4.78 is 1.95. The van der Waals surface area contributed by atoms with Crippen LogP contribution in [0, 0.1) is 5.92 Å². The fourth-order valence-electron chi connectivity index (χ4n) is 3.26. The second-order valence-electron chi connectivity index (χ2n) is 6.75. The van der Waals surface area contributed by atoms with E-state index in [0.29, 0.717) is 32.0 Å². The molecule has 1 aliphatic carbocycles. The third kappa shape index (κ3) is 3.24. The summed E-state index contributed by atoms with van der Waals surface area (Å²) in [7, 11) is 0. The molecule has 9 heteroatoms. The molecule has 2 aliphatic rings. The minimum Gasteiger partial charge on any atom is -0.364 e. The van der Waals surface area contributed by atoms with Crippen molar-refractivity contribution >= 4 is 17.6 Å². The molecule has 9 nitrogen and oxygen atoms in total. The number of anilines is 1. The van der Waals surface area contributed by atoms with Crippen molar-refractivity contribution in [2.45, 2.75) is 38.9 Å². The molecule has 3 N–H and O–H groups in total. The molecular weight excluding hydrogens is 334 g/mol. The molecular formula is C17H21N7O2. The molecule has 3 heterocycles. The fourth-order valence-corrected chi connectivity index (χ4v) is 3.26. The highest BCUT2D eigenvalue weighted by Crippen LogP contribution is 2.29. The summed E-state index contributed by atoms with van der Waals surface area (Å²) in [5.41, 5.74) is 7.22. The molecule has 1 saturated carbocycles. The van der Waals surface area contributed by atoms with Crippen molar-refractivity contribution < 1.29 is 9.59 Å². The first-order chi connectivity index (χ1) is 12.6. The van der Waals surface area contributed by atoms with Crippen molar-refractivity contribution in [2.75, 3.05) is 11.9 Å². The number of hydrogen-bond acceptors (Lipinski definition) is 6. The van der Waals surface area contributed by atoms with Crippen molar-refractivity contribution in [3.05, 3.63) is 35.5 Å². The molecule has 0 spiro atoms. The Morgan fingerprint density at radius 2 is 2.12 bits per heavy atom. The van der Waals surface area contributed by atoms with E-state index in [1.165, 1.54) is 12.4 Å². The highest BCUT2D eigenvalue weighted by molar-refractivity contribution is 5.90. The van der Waals surface area contributed by atoms with Crippen LogP contribution in [0.4, 0.5) is 5.82 Å². The molecule has 2 aromatic heterocycles. The highest BCUT2D eigenvalue weighted by atomic mass is 16.2. The highest BCUT2D eigenvalue weighted by Gasteiger charge is 2.31. The number of nitrogens with two attached hydrogens (primary N) is 1. The van der Waals surface area contributed by atoms with E-state index in [1.54, 1.807) is 0 Å². The number of aromatic nitrogens is 4. The molecule has 4 rings (SSSR count). The summed E-state index contributed by atoms with van der Waals surface area (Å²) >= 11 is 0. The van der Waals surface area contributed by atoms with Gasteiger partial charge in [-0.15, -0.1) is 0 Å². The van der Waals surface area contributed by atoms with Gasteiger partial charge in [0.05, 0.1) is 43.4 Å². The van der Waals surface area contributed by atoms with Gasteiger partial charge in [-0.05, 0) is 18.9 Å². The lowest BCUT2D eigenvalue weighted by atomic mass is 9.84. The maximum Gasteiger partial charge on any atom is 0.268 e. The van der Waals surface area contributed by atoms with Gasteiger partial charge in [-0.3, -0.25) is 19.3 Å². The number of rotatable bonds is 5. The predicted molar refractivity (Wildman–Crippen MR) is 92.9 cm³/mol. The van der Waals surface area contributed by atoms with Gasteiger partial charge in [0.15, 0.2) is 0 Å². The normalized spacial score (nSPS) is 16.7. The topological polar surface area (TPSA) is 119 Å². The summed E-state index contributed by atoms with van der Waals surface area (Å²) in [6, 6.07) is 2.00. The van der Waals surface area contributed by atoms with E-state index in [1.807, 2.05) is 15.6 Å². The predicted octanol–water partition coefficient (Wildman–Crippen LogP) is 0.526. The lowest BCUT2D eigenvalue weighted by Gasteiger charge is -2.34. The fraction of sp³-hybridized carbons (Fsp3) is 0.471. The first-order valence-electron chi connectivity index (χ1n) is 8.80. The summed E-state index contributed by atoms with van der Waals surface area (Å²) in [6.07, 6.45) is 6.07. The molecule has 0 atom stereocenters. The maximum atomic E-state index is 12.4. The SMILES string of the molecule is NC(=O)c1cncc(NCc2cc3n(n2)CCN(C(=O)C2CCC2)C3)n1. The number of primary amides is 1. The van der Waals surface area contributed by atoms with Crippen molar-refractivity contribution in [1.82, 2.24) is 24.6 Å². The molecule has 136 valence electrons. The Labute approximate surface area is 150 Å². The number of nitrogens with zero attached hydrogens (tertiary/aromatic N) is 5. The number of hydrogen-bond donors (Lipinski definition) is 2. The largest absolute Gasteiger partial charge is 0.364 e. The van der Waals surface area contributed by atoms with Gasteiger partial charge in [-0.2, -0.15) is 5.10 Å². The van der Waals surface area contributed by atoms with Gasteiger partial charge >= 0.3 is 0 Å². The van der Waals surface area contributed by atoms with Crippen LogP contribution >= 0.6 is 0 Å². The first-order valence-corrected chi connectivity index (χ1v) is 8.80. The molecule has 26 heavy (non-hydrogen) atoms. The average Bonchev–Trinajstić information content (AvgIpc) is 3.00. The van der Waals surface area contributed by atoms with Crippen LogP contribution in [0.2, 0.25) is 0 Å². The Balaban J connectivity index is 1.39. The molecule has 1 aliphatic heterocycles. The van der Waals surface area contributed by atoms with Gasteiger partial charge in [-0.1, -0.05) is 6.42 Å². The summed E-state index contributed by atoms with van der Waals surface area (Å²) in [5.74, 6) is 0.354. The Morgan fingerprint density at radius 1 is 1.27 bits per heavy atom. The summed E-state index contributed by atoms with van der Waals surface area (Å²) in [6.45, 7) is 2.49. The van der Waals surface area contributed by atoms with E-state index in [2.05, 4.69) is 20.4 Å². The van der Waals surface area contributed by atoms with E-state index in [-0.39, 0.29) is 17.5 Å². The number of carbonyl (C=O) groups excluding carboxylic acids is 2. The third-order valence-electron chi connectivity index (χ3n) is 4.95. The number of nitrogens with one attached hydrogen (secondary N) is 1. The second-order valence-corrected chi connectivity index (χ2v) is 6.75. The number of fused-ring (bicyclic) bond motifs is 1. The van der Waals surface area contributed by atoms with E-state index in [9.17, 15) is 9.59 Å². The van der Waals surface area contributed by atoms with Crippen LogP contribution in [-0.4, -0.2) is 43.0 Å². The van der Waals surface area contributed by atoms with Crippen molar-refractivity contribution in [3.8, 4) is 0 Å². The minimum absolute atomic E-state index is 0.115. The monoisotopic (exact) mass is 355 g/mol. The van der Waals surface area contributed by atoms with Gasteiger partial charge in [-0.25, -0.2) is 4.98 Å². The van der Waals surface area contributed by atoms with E-state index >= 15 is 0 Å². The summed E-state index contributed by atoms with van der Waals surface area (Å²) in [5, 5.41) is 7.67. The van der Waals surface area contributed by atoms with Gasteiger partial charge in [0.1, 0.15) is 11.5 Å². The van der Waals surface area contributed by atoms with Crippen LogP contribution in [0.1, 0.15) is 41.1 Å². The Hall–Kier alpha value is -2.97. The second kappa shape index (κ2) is 6.74. The van der Waals surface area contributed by atoms with E-state index in [0.717, 1.165) is 30.7 Å². The minimum atomic E-state index is -0.616. The standard InChI is InChI=1S/C17H21N7O2/c18-16(25)14-8-19-9-15(21-14)20-7-12-6-13-10-23(4-5-24(13)22-12)17(26)11-2-1-3-11/h6,8-9,11H,1-5,7,10H2,(H2,18,25)(H,20,21). The van der Waals surface area contributed by atoms with Crippen LogP contribution in [0.3, 0.4) is 0 Å². The summed E-state index contributed by atoms with van der Waals surface area (Å²) in [4.78, 5) is 33.6. The lowest BCUT2D eigenvalue weighted by molar-refractivity contribution is -0.139. The Bertz CT molecular complexity index is 843. The van der Waals surface area contributed by atoms with E-state index < -0.39 is 5.91 Å². The van der Waals surface area contributed by atoms with Gasteiger partial charge in [0.25, 0.3) is 5.91 Å². The molecule has 2 aromatic rings. The molecule has 0 radical (unpaired) electrons. The Morgan fingerprint density at radius 3 is 2.85 bits per heavy atom. The maximum absolute atomic E-state index is 12.4. The molecule has 0 unspecified atom stereocenters. The first kappa shape index (κ1) is 16.5.